The summed E-state index contributed by atoms with van der Waals surface area (Å²) in [6.45, 7) is 1.95. The number of anilines is 1. The smallest absolute Gasteiger partial charge is 0.338 e. The Bertz CT molecular complexity index is 2290. The van der Waals surface area contributed by atoms with Crippen molar-refractivity contribution in [2.45, 2.75) is 44.8 Å². The van der Waals surface area contributed by atoms with Gasteiger partial charge in [-0.15, -0.1) is 0 Å². The molecule has 5 N–H and O–H groups in total. The van der Waals surface area contributed by atoms with Crippen LogP contribution in [0.2, 0.25) is 0 Å². The van der Waals surface area contributed by atoms with Gasteiger partial charge in [0.05, 0.1) is 36.2 Å². The molecule has 0 aliphatic carbocycles. The molecule has 5 aromatic rings. The molecule has 4 aromatic carbocycles. The van der Waals surface area contributed by atoms with Gasteiger partial charge in [-0.05, 0) is 71.6 Å². The van der Waals surface area contributed by atoms with Gasteiger partial charge in [-0.3, -0.25) is 19.2 Å². The maximum Gasteiger partial charge on any atom is 0.338 e. The number of aliphatic carboxylic acids is 1. The fourth-order valence-corrected chi connectivity index (χ4v) is 5.81. The van der Waals surface area contributed by atoms with Gasteiger partial charge in [0.25, 0.3) is 11.5 Å². The van der Waals surface area contributed by atoms with E-state index >= 15 is 4.39 Å². The minimum atomic E-state index is -1.55. The summed E-state index contributed by atoms with van der Waals surface area (Å²) in [4.78, 5) is 82.8. The van der Waals surface area contributed by atoms with Crippen molar-refractivity contribution in [1.82, 2.24) is 20.6 Å². The number of nitrogens with one attached hydrogen (secondary N) is 4. The lowest BCUT2D eigenvalue weighted by atomic mass is 9.99. The Balaban J connectivity index is 1.29. The Labute approximate surface area is 301 Å². The molecule has 2 atom stereocenters. The fourth-order valence-electron chi connectivity index (χ4n) is 5.81. The summed E-state index contributed by atoms with van der Waals surface area (Å²) in [5.41, 5.74) is 1.42. The summed E-state index contributed by atoms with van der Waals surface area (Å²) in [5, 5.41) is 19.7. The average Bonchev–Trinajstić information content (AvgIpc) is 3.14. The molecule has 0 bridgehead atoms. The second kappa shape index (κ2) is 16.6. The average molecular weight is 726 g/mol. The number of benzene rings is 4. The number of ether oxygens (including phenoxy) is 2. The van der Waals surface area contributed by atoms with Crippen molar-refractivity contribution in [3.05, 3.63) is 117 Å². The van der Waals surface area contributed by atoms with Crippen LogP contribution >= 0.6 is 0 Å². The summed E-state index contributed by atoms with van der Waals surface area (Å²) in [6, 6.07) is 16.1. The van der Waals surface area contributed by atoms with Crippen LogP contribution in [0.1, 0.15) is 50.5 Å². The molecule has 0 saturated heterocycles. The first-order valence-corrected chi connectivity index (χ1v) is 16.4. The van der Waals surface area contributed by atoms with Gasteiger partial charge in [-0.25, -0.2) is 19.0 Å². The third-order valence-corrected chi connectivity index (χ3v) is 8.53. The zero-order chi connectivity index (χ0) is 38.2. The number of hydrogen-bond acceptors (Lipinski definition) is 10. The van der Waals surface area contributed by atoms with Crippen LogP contribution in [0.15, 0.2) is 77.6 Å². The first-order valence-electron chi connectivity index (χ1n) is 16.4. The van der Waals surface area contributed by atoms with E-state index in [9.17, 15) is 33.9 Å². The van der Waals surface area contributed by atoms with Gasteiger partial charge in [-0.2, -0.15) is 0 Å². The van der Waals surface area contributed by atoms with Crippen molar-refractivity contribution in [2.75, 3.05) is 19.5 Å². The lowest BCUT2D eigenvalue weighted by Crippen LogP contribution is -2.52. The number of fused-ring (bicyclic) bond motifs is 3. The molecule has 1 heterocycles. The maximum atomic E-state index is 15.4. The van der Waals surface area contributed by atoms with Crippen molar-refractivity contribution in [1.29, 1.82) is 0 Å². The second-order valence-electron chi connectivity index (χ2n) is 12.1. The lowest BCUT2D eigenvalue weighted by Gasteiger charge is -2.22. The predicted molar refractivity (Wildman–Crippen MR) is 192 cm³/mol. The standard InChI is InChI=1S/C38H36FN5O9/c1-20-41-29-13-10-22-9-8-21(16-27(22)33(29)36(48)42-20)19-40-24-11-12-26(28(39)18-24)34(46)43-30(14-15-32(45)52-2)35(47)44-31(37(49)50)17-23-6-4-5-7-25(23)38(51)53-3/h4-13,16,18,30-31,40H,14-15,17,19H2,1-3H3,(H,43,46)(H,44,47)(H,49,50)(H,41,42,48)/t30-,31-/m0/s1. The molecule has 0 fully saturated rings. The number of rotatable bonds is 14. The number of carbonyl (C=O) groups is 5. The number of carbonyl (C=O) groups excluding carboxylic acids is 4. The molecule has 0 spiro atoms. The second-order valence-corrected chi connectivity index (χ2v) is 12.1. The topological polar surface area (TPSA) is 206 Å². The van der Waals surface area contributed by atoms with Gasteiger partial charge < -0.3 is 35.5 Å². The molecule has 5 rings (SSSR count). The molecular formula is C38H36FN5O9. The van der Waals surface area contributed by atoms with Crippen molar-refractivity contribution in [3.63, 3.8) is 0 Å². The molecule has 53 heavy (non-hydrogen) atoms. The van der Waals surface area contributed by atoms with Gasteiger partial charge in [0, 0.05) is 25.1 Å². The number of amides is 2. The highest BCUT2D eigenvalue weighted by Crippen LogP contribution is 2.24. The number of esters is 2. The highest BCUT2D eigenvalue weighted by atomic mass is 19.1. The van der Waals surface area contributed by atoms with Crippen LogP contribution in [0.4, 0.5) is 10.1 Å². The Morgan fingerprint density at radius 1 is 0.906 bits per heavy atom. The molecule has 0 aliphatic heterocycles. The molecule has 274 valence electrons. The number of carboxylic acid groups (broad SMARTS) is 1. The molecule has 2 amide bonds. The molecule has 0 saturated carbocycles. The van der Waals surface area contributed by atoms with E-state index in [0.29, 0.717) is 27.8 Å². The zero-order valence-corrected chi connectivity index (χ0v) is 28.9. The van der Waals surface area contributed by atoms with E-state index in [1.165, 1.54) is 31.4 Å². The lowest BCUT2D eigenvalue weighted by molar-refractivity contribution is -0.143. The van der Waals surface area contributed by atoms with Crippen LogP contribution in [0, 0.1) is 12.7 Å². The minimum Gasteiger partial charge on any atom is -0.480 e. The molecular weight excluding hydrogens is 689 g/mol. The molecule has 15 heteroatoms. The zero-order valence-electron chi connectivity index (χ0n) is 28.9. The summed E-state index contributed by atoms with van der Waals surface area (Å²) in [7, 11) is 2.32. The van der Waals surface area contributed by atoms with Crippen molar-refractivity contribution < 1.29 is 42.9 Å². The van der Waals surface area contributed by atoms with E-state index in [-0.39, 0.29) is 42.5 Å². The number of H-pyrrole nitrogens is 1. The number of halogens is 1. The number of carboxylic acids is 1. The fraction of sp³-hybridized carbons (Fsp3) is 0.237. The normalized spacial score (nSPS) is 12.1. The SMILES string of the molecule is COC(=O)CC[C@H](NC(=O)c1ccc(NCc2ccc3ccc4nc(C)[nH]c(=O)c4c3c2)cc1F)C(=O)N[C@@H](Cc1ccccc1C(=O)OC)C(=O)O. The monoisotopic (exact) mass is 725 g/mol. The highest BCUT2D eigenvalue weighted by molar-refractivity contribution is 6.06. The first-order chi connectivity index (χ1) is 25.4. The van der Waals surface area contributed by atoms with Crippen LogP contribution < -0.4 is 21.5 Å². The van der Waals surface area contributed by atoms with E-state index < -0.39 is 53.2 Å². The van der Waals surface area contributed by atoms with Crippen LogP contribution in [0.3, 0.4) is 0 Å². The van der Waals surface area contributed by atoms with E-state index in [1.54, 1.807) is 25.1 Å². The molecule has 1 aromatic heterocycles. The summed E-state index contributed by atoms with van der Waals surface area (Å²) in [5.74, 6) is -5.18. The van der Waals surface area contributed by atoms with E-state index in [0.717, 1.165) is 24.1 Å². The van der Waals surface area contributed by atoms with Gasteiger partial charge in [0.2, 0.25) is 5.91 Å². The number of nitrogens with zero attached hydrogens (tertiary/aromatic N) is 1. The van der Waals surface area contributed by atoms with Gasteiger partial charge in [-0.1, -0.05) is 36.4 Å². The van der Waals surface area contributed by atoms with Crippen LogP contribution in [-0.2, 0) is 36.8 Å². The van der Waals surface area contributed by atoms with E-state index in [1.807, 2.05) is 24.3 Å². The summed E-state index contributed by atoms with van der Waals surface area (Å²) < 4.78 is 24.8. The third kappa shape index (κ3) is 9.00. The van der Waals surface area contributed by atoms with Crippen LogP contribution in [0.25, 0.3) is 21.7 Å². The van der Waals surface area contributed by atoms with Crippen molar-refractivity contribution >= 4 is 57.1 Å². The number of methoxy groups -OCH3 is 2. The Hall–Kier alpha value is -6.64. The number of aromatic nitrogens is 2. The number of aryl methyl sites for hydroxylation is 1. The quantitative estimate of drug-likeness (QED) is 0.0823. The summed E-state index contributed by atoms with van der Waals surface area (Å²) in [6.07, 6.45) is -0.921. The molecule has 0 aliphatic rings. The van der Waals surface area contributed by atoms with Gasteiger partial charge in [0.15, 0.2) is 0 Å². The van der Waals surface area contributed by atoms with E-state index in [4.69, 9.17) is 4.74 Å². The van der Waals surface area contributed by atoms with Gasteiger partial charge in [0.1, 0.15) is 23.7 Å². The van der Waals surface area contributed by atoms with Crippen LogP contribution in [-0.4, -0.2) is 71.1 Å². The largest absolute Gasteiger partial charge is 0.480 e. The Morgan fingerprint density at radius 3 is 2.38 bits per heavy atom. The molecule has 0 unspecified atom stereocenters. The third-order valence-electron chi connectivity index (χ3n) is 8.53. The Morgan fingerprint density at radius 2 is 1.66 bits per heavy atom. The number of aromatic amines is 1. The minimum absolute atomic E-state index is 0.106. The highest BCUT2D eigenvalue weighted by Gasteiger charge is 2.29. The summed E-state index contributed by atoms with van der Waals surface area (Å²) >= 11 is 0. The van der Waals surface area contributed by atoms with Crippen LogP contribution in [0.5, 0.6) is 0 Å². The predicted octanol–water partition coefficient (Wildman–Crippen LogP) is 3.79. The number of hydrogen-bond donors (Lipinski definition) is 5. The van der Waals surface area contributed by atoms with Gasteiger partial charge >= 0.3 is 17.9 Å². The maximum absolute atomic E-state index is 15.4. The molecule has 0 radical (unpaired) electrons. The van der Waals surface area contributed by atoms with E-state index in [2.05, 4.69) is 30.7 Å². The first kappa shape index (κ1) is 37.6. The Kier molecular flexibility index (Phi) is 11.8. The van der Waals surface area contributed by atoms with Crippen molar-refractivity contribution in [3.8, 4) is 0 Å². The van der Waals surface area contributed by atoms with Crippen molar-refractivity contribution in [2.24, 2.45) is 0 Å². The molecule has 14 nitrogen and oxygen atoms in total.